The predicted octanol–water partition coefficient (Wildman–Crippen LogP) is 5.65. The van der Waals surface area contributed by atoms with Crippen LogP contribution in [0.2, 0.25) is 0 Å². The van der Waals surface area contributed by atoms with Gasteiger partial charge in [0.15, 0.2) is 0 Å². The summed E-state index contributed by atoms with van der Waals surface area (Å²) in [6.07, 6.45) is 8.95. The van der Waals surface area contributed by atoms with E-state index in [2.05, 4.69) is 32.0 Å². The van der Waals surface area contributed by atoms with Gasteiger partial charge in [0.05, 0.1) is 5.38 Å². The van der Waals surface area contributed by atoms with Gasteiger partial charge in [0, 0.05) is 6.42 Å². The van der Waals surface area contributed by atoms with Gasteiger partial charge in [-0.25, -0.2) is 0 Å². The Morgan fingerprint density at radius 1 is 1.26 bits per heavy atom. The SMILES string of the molecule is CCCCCCCC(Cl)c1ccc2c(c1)CC(C)O2. The van der Waals surface area contributed by atoms with E-state index >= 15 is 0 Å². The molecule has 0 saturated carbocycles. The van der Waals surface area contributed by atoms with Gasteiger partial charge in [0.25, 0.3) is 0 Å². The van der Waals surface area contributed by atoms with Crippen LogP contribution in [0.3, 0.4) is 0 Å². The Morgan fingerprint density at radius 2 is 2.05 bits per heavy atom. The lowest BCUT2D eigenvalue weighted by atomic mass is 10.0. The van der Waals surface area contributed by atoms with Crippen LogP contribution in [0.5, 0.6) is 5.75 Å². The molecule has 0 amide bonds. The molecule has 1 heterocycles. The van der Waals surface area contributed by atoms with E-state index in [0.29, 0.717) is 6.10 Å². The predicted molar refractivity (Wildman–Crippen MR) is 82.2 cm³/mol. The maximum Gasteiger partial charge on any atom is 0.123 e. The van der Waals surface area contributed by atoms with Gasteiger partial charge in [-0.3, -0.25) is 0 Å². The van der Waals surface area contributed by atoms with Crippen molar-refractivity contribution in [3.05, 3.63) is 29.3 Å². The zero-order chi connectivity index (χ0) is 13.7. The number of rotatable bonds is 7. The Morgan fingerprint density at radius 3 is 2.84 bits per heavy atom. The summed E-state index contributed by atoms with van der Waals surface area (Å²) in [4.78, 5) is 0. The molecule has 1 aromatic carbocycles. The van der Waals surface area contributed by atoms with Crippen LogP contribution in [0.15, 0.2) is 18.2 Å². The smallest absolute Gasteiger partial charge is 0.123 e. The topological polar surface area (TPSA) is 9.23 Å². The van der Waals surface area contributed by atoms with Gasteiger partial charge in [-0.05, 0) is 30.5 Å². The molecule has 0 saturated heterocycles. The second-order valence-electron chi connectivity index (χ2n) is 5.67. The number of hydrogen-bond acceptors (Lipinski definition) is 1. The lowest BCUT2D eigenvalue weighted by Crippen LogP contribution is -2.05. The van der Waals surface area contributed by atoms with Crippen LogP contribution in [0.25, 0.3) is 0 Å². The Labute approximate surface area is 122 Å². The molecular weight excluding hydrogens is 256 g/mol. The van der Waals surface area contributed by atoms with Gasteiger partial charge in [0.1, 0.15) is 11.9 Å². The standard InChI is InChI=1S/C17H25ClO/c1-3-4-5-6-7-8-16(18)14-9-10-17-15(12-14)11-13(2)19-17/h9-10,12-13,16H,3-8,11H2,1-2H3. The summed E-state index contributed by atoms with van der Waals surface area (Å²) >= 11 is 6.52. The lowest BCUT2D eigenvalue weighted by molar-refractivity contribution is 0.254. The normalized spacial score (nSPS) is 19.0. The minimum absolute atomic E-state index is 0.155. The summed E-state index contributed by atoms with van der Waals surface area (Å²) in [6.45, 7) is 4.36. The summed E-state index contributed by atoms with van der Waals surface area (Å²) < 4.78 is 5.72. The minimum Gasteiger partial charge on any atom is -0.490 e. The number of benzene rings is 1. The molecule has 0 spiro atoms. The van der Waals surface area contributed by atoms with Gasteiger partial charge >= 0.3 is 0 Å². The highest BCUT2D eigenvalue weighted by Crippen LogP contribution is 2.34. The van der Waals surface area contributed by atoms with Crippen molar-refractivity contribution in [3.8, 4) is 5.75 Å². The molecule has 0 fully saturated rings. The van der Waals surface area contributed by atoms with Gasteiger partial charge in [-0.15, -0.1) is 11.6 Å². The largest absolute Gasteiger partial charge is 0.490 e. The van der Waals surface area contributed by atoms with Crippen molar-refractivity contribution in [2.75, 3.05) is 0 Å². The van der Waals surface area contributed by atoms with E-state index in [4.69, 9.17) is 16.3 Å². The van der Waals surface area contributed by atoms with E-state index < -0.39 is 0 Å². The second kappa shape index (κ2) is 7.19. The molecule has 2 heteroatoms. The Hall–Kier alpha value is -0.690. The third-order valence-electron chi connectivity index (χ3n) is 3.84. The number of alkyl halides is 1. The maximum atomic E-state index is 6.52. The van der Waals surface area contributed by atoms with Crippen LogP contribution in [-0.2, 0) is 6.42 Å². The van der Waals surface area contributed by atoms with Crippen molar-refractivity contribution in [2.24, 2.45) is 0 Å². The molecule has 0 radical (unpaired) electrons. The average Bonchev–Trinajstić information content (AvgIpc) is 2.77. The van der Waals surface area contributed by atoms with Crippen LogP contribution in [-0.4, -0.2) is 6.10 Å². The molecule has 0 bridgehead atoms. The zero-order valence-corrected chi connectivity index (χ0v) is 12.9. The Balaban J connectivity index is 1.83. The molecule has 106 valence electrons. The summed E-state index contributed by atoms with van der Waals surface area (Å²) in [7, 11) is 0. The summed E-state index contributed by atoms with van der Waals surface area (Å²) in [6, 6.07) is 6.45. The fourth-order valence-electron chi connectivity index (χ4n) is 2.73. The van der Waals surface area contributed by atoms with Gasteiger partial charge in [-0.2, -0.15) is 0 Å². The molecule has 1 aliphatic heterocycles. The second-order valence-corrected chi connectivity index (χ2v) is 6.20. The maximum absolute atomic E-state index is 6.52. The van der Waals surface area contributed by atoms with E-state index in [0.717, 1.165) is 18.6 Å². The number of unbranched alkanes of at least 4 members (excludes halogenated alkanes) is 4. The Kier molecular flexibility index (Phi) is 5.57. The van der Waals surface area contributed by atoms with Crippen molar-refractivity contribution in [3.63, 3.8) is 0 Å². The van der Waals surface area contributed by atoms with E-state index in [1.54, 1.807) is 0 Å². The molecular formula is C17H25ClO. The third kappa shape index (κ3) is 4.14. The molecule has 0 N–H and O–H groups in total. The summed E-state index contributed by atoms with van der Waals surface area (Å²) in [5.41, 5.74) is 2.58. The third-order valence-corrected chi connectivity index (χ3v) is 4.31. The fourth-order valence-corrected chi connectivity index (χ4v) is 3.02. The Bertz CT molecular complexity index is 402. The monoisotopic (exact) mass is 280 g/mol. The first-order chi connectivity index (χ1) is 9.20. The fraction of sp³-hybridized carbons (Fsp3) is 0.647. The molecule has 2 atom stereocenters. The minimum atomic E-state index is 0.155. The first kappa shape index (κ1) is 14.7. The van der Waals surface area contributed by atoms with E-state index in [1.165, 1.54) is 43.2 Å². The lowest BCUT2D eigenvalue weighted by Gasteiger charge is -2.11. The van der Waals surface area contributed by atoms with Crippen molar-refractivity contribution in [2.45, 2.75) is 70.3 Å². The van der Waals surface area contributed by atoms with Crippen molar-refractivity contribution >= 4 is 11.6 Å². The van der Waals surface area contributed by atoms with Crippen molar-refractivity contribution < 1.29 is 4.74 Å². The molecule has 1 nitrogen and oxygen atoms in total. The van der Waals surface area contributed by atoms with Crippen LogP contribution in [0.1, 0.15) is 68.9 Å². The highest BCUT2D eigenvalue weighted by molar-refractivity contribution is 6.20. The molecule has 0 aliphatic carbocycles. The first-order valence-electron chi connectivity index (χ1n) is 7.64. The van der Waals surface area contributed by atoms with Gasteiger partial charge in [0.2, 0.25) is 0 Å². The van der Waals surface area contributed by atoms with E-state index in [1.807, 2.05) is 0 Å². The quantitative estimate of drug-likeness (QED) is 0.463. The summed E-state index contributed by atoms with van der Waals surface area (Å²) in [5.74, 6) is 1.04. The van der Waals surface area contributed by atoms with Crippen LogP contribution in [0.4, 0.5) is 0 Å². The highest BCUT2D eigenvalue weighted by Gasteiger charge is 2.20. The molecule has 2 unspecified atom stereocenters. The zero-order valence-electron chi connectivity index (χ0n) is 12.1. The molecule has 19 heavy (non-hydrogen) atoms. The molecule has 2 rings (SSSR count). The van der Waals surface area contributed by atoms with Crippen molar-refractivity contribution in [1.82, 2.24) is 0 Å². The number of halogens is 1. The van der Waals surface area contributed by atoms with Crippen LogP contribution >= 0.6 is 11.6 Å². The summed E-state index contributed by atoms with van der Waals surface area (Å²) in [5, 5.41) is 0.155. The number of ether oxygens (including phenoxy) is 1. The first-order valence-corrected chi connectivity index (χ1v) is 8.08. The van der Waals surface area contributed by atoms with Crippen LogP contribution < -0.4 is 4.74 Å². The van der Waals surface area contributed by atoms with E-state index in [-0.39, 0.29) is 5.38 Å². The van der Waals surface area contributed by atoms with Crippen LogP contribution in [0, 0.1) is 0 Å². The van der Waals surface area contributed by atoms with Gasteiger partial charge in [-0.1, -0.05) is 51.2 Å². The molecule has 1 aliphatic rings. The van der Waals surface area contributed by atoms with Gasteiger partial charge < -0.3 is 4.74 Å². The number of hydrogen-bond donors (Lipinski definition) is 0. The van der Waals surface area contributed by atoms with Crippen molar-refractivity contribution in [1.29, 1.82) is 0 Å². The highest BCUT2D eigenvalue weighted by atomic mass is 35.5. The molecule has 1 aromatic rings. The van der Waals surface area contributed by atoms with E-state index in [9.17, 15) is 0 Å². The molecule has 0 aromatic heterocycles. The number of fused-ring (bicyclic) bond motifs is 1. The average molecular weight is 281 g/mol.